The van der Waals surface area contributed by atoms with Crippen LogP contribution in [0, 0.1) is 0 Å². The van der Waals surface area contributed by atoms with Gasteiger partial charge in [0.1, 0.15) is 23.8 Å². The van der Waals surface area contributed by atoms with Gasteiger partial charge in [0, 0.05) is 52.0 Å². The molecule has 0 saturated carbocycles. The molecule has 1 fully saturated rings. The Hall–Kier alpha value is -3.15. The Kier molecular flexibility index (Phi) is 5.14. The first-order valence-corrected chi connectivity index (χ1v) is 9.27. The summed E-state index contributed by atoms with van der Waals surface area (Å²) in [5.41, 5.74) is 1.27. The highest BCUT2D eigenvalue weighted by molar-refractivity contribution is 5.51. The highest BCUT2D eigenvalue weighted by atomic mass is 15.3. The van der Waals surface area contributed by atoms with E-state index in [1.54, 1.807) is 6.33 Å². The van der Waals surface area contributed by atoms with Crippen molar-refractivity contribution in [1.29, 1.82) is 0 Å². The average Bonchev–Trinajstić information content (AvgIpc) is 2.75. The molecule has 138 valence electrons. The Labute approximate surface area is 160 Å². The molecule has 0 atom stereocenters. The van der Waals surface area contributed by atoms with Crippen LogP contribution in [0.2, 0.25) is 0 Å². The Morgan fingerprint density at radius 3 is 2.22 bits per heavy atom. The fourth-order valence-corrected chi connectivity index (χ4v) is 3.36. The van der Waals surface area contributed by atoms with E-state index in [1.807, 2.05) is 24.4 Å². The van der Waals surface area contributed by atoms with Crippen molar-refractivity contribution in [3.8, 4) is 0 Å². The van der Waals surface area contributed by atoms with Crippen LogP contribution < -0.4 is 14.7 Å². The number of hydrogen-bond donors (Lipinski definition) is 0. The number of anilines is 3. The normalized spacial score (nSPS) is 14.3. The number of benzene rings is 1. The molecular formula is C21H24N6. The van der Waals surface area contributed by atoms with Crippen LogP contribution in [0.1, 0.15) is 5.56 Å². The van der Waals surface area contributed by atoms with Crippen molar-refractivity contribution in [2.75, 3.05) is 47.9 Å². The quantitative estimate of drug-likeness (QED) is 0.697. The molecule has 3 heterocycles. The maximum atomic E-state index is 4.50. The largest absolute Gasteiger partial charge is 0.355 e. The van der Waals surface area contributed by atoms with Crippen molar-refractivity contribution < 1.29 is 0 Å². The van der Waals surface area contributed by atoms with Gasteiger partial charge in [0.2, 0.25) is 0 Å². The number of piperazine rings is 1. The summed E-state index contributed by atoms with van der Waals surface area (Å²) < 4.78 is 0. The SMILES string of the molecule is CN(Cc1ccccc1)c1cc(N2CCN(c3ccccn3)CC2)ncn1. The number of aromatic nitrogens is 3. The van der Waals surface area contributed by atoms with E-state index in [-0.39, 0.29) is 0 Å². The summed E-state index contributed by atoms with van der Waals surface area (Å²) in [5.74, 6) is 2.97. The summed E-state index contributed by atoms with van der Waals surface area (Å²) in [4.78, 5) is 20.2. The summed E-state index contributed by atoms with van der Waals surface area (Å²) in [6.07, 6.45) is 3.51. The van der Waals surface area contributed by atoms with Gasteiger partial charge >= 0.3 is 0 Å². The molecule has 1 saturated heterocycles. The van der Waals surface area contributed by atoms with Gasteiger partial charge in [-0.1, -0.05) is 36.4 Å². The zero-order chi connectivity index (χ0) is 18.5. The molecule has 0 aliphatic carbocycles. The van der Waals surface area contributed by atoms with E-state index in [1.165, 1.54) is 5.56 Å². The van der Waals surface area contributed by atoms with Crippen LogP contribution in [-0.2, 0) is 6.54 Å². The number of nitrogens with zero attached hydrogens (tertiary/aromatic N) is 6. The predicted octanol–water partition coefficient (Wildman–Crippen LogP) is 2.83. The second-order valence-electron chi connectivity index (χ2n) is 6.74. The minimum Gasteiger partial charge on any atom is -0.355 e. The fourth-order valence-electron chi connectivity index (χ4n) is 3.36. The first kappa shape index (κ1) is 17.3. The smallest absolute Gasteiger partial charge is 0.134 e. The first-order valence-electron chi connectivity index (χ1n) is 9.27. The summed E-state index contributed by atoms with van der Waals surface area (Å²) in [7, 11) is 2.07. The van der Waals surface area contributed by atoms with Gasteiger partial charge in [-0.05, 0) is 17.7 Å². The van der Waals surface area contributed by atoms with Crippen LogP contribution in [0.25, 0.3) is 0 Å². The van der Waals surface area contributed by atoms with E-state index in [0.29, 0.717) is 0 Å². The number of hydrogen-bond acceptors (Lipinski definition) is 6. The van der Waals surface area contributed by atoms with Crippen molar-refractivity contribution >= 4 is 17.5 Å². The Balaban J connectivity index is 1.41. The molecule has 0 amide bonds. The van der Waals surface area contributed by atoms with Crippen molar-refractivity contribution in [3.05, 3.63) is 72.7 Å². The van der Waals surface area contributed by atoms with Crippen LogP contribution in [0.3, 0.4) is 0 Å². The lowest BCUT2D eigenvalue weighted by atomic mass is 10.2. The number of pyridine rings is 1. The molecule has 0 spiro atoms. The van der Waals surface area contributed by atoms with Crippen LogP contribution in [0.5, 0.6) is 0 Å². The van der Waals surface area contributed by atoms with Gasteiger partial charge in [-0.15, -0.1) is 0 Å². The summed E-state index contributed by atoms with van der Waals surface area (Å²) >= 11 is 0. The third-order valence-corrected chi connectivity index (χ3v) is 4.87. The molecule has 4 rings (SSSR count). The number of rotatable bonds is 5. The van der Waals surface area contributed by atoms with Crippen LogP contribution in [0.4, 0.5) is 17.5 Å². The Morgan fingerprint density at radius 2 is 1.52 bits per heavy atom. The molecule has 6 heteroatoms. The molecule has 0 bridgehead atoms. The summed E-state index contributed by atoms with van der Waals surface area (Å²) in [6, 6.07) is 18.6. The summed E-state index contributed by atoms with van der Waals surface area (Å²) in [6.45, 7) is 4.56. The molecule has 3 aromatic rings. The zero-order valence-corrected chi connectivity index (χ0v) is 15.6. The van der Waals surface area contributed by atoms with Gasteiger partial charge < -0.3 is 14.7 Å². The van der Waals surface area contributed by atoms with E-state index in [0.717, 1.165) is 50.2 Å². The third kappa shape index (κ3) is 4.16. The Bertz CT molecular complexity index is 847. The minimum absolute atomic E-state index is 0.824. The van der Waals surface area contributed by atoms with Gasteiger partial charge in [0.25, 0.3) is 0 Å². The lowest BCUT2D eigenvalue weighted by molar-refractivity contribution is 0.641. The standard InChI is InChI=1S/C21H24N6/c1-25(16-18-7-3-2-4-8-18)20-15-21(24-17-23-20)27-13-11-26(12-14-27)19-9-5-6-10-22-19/h2-10,15,17H,11-14,16H2,1H3. The molecule has 0 unspecified atom stereocenters. The molecule has 1 aromatic carbocycles. The zero-order valence-electron chi connectivity index (χ0n) is 15.6. The van der Waals surface area contributed by atoms with Crippen LogP contribution in [0.15, 0.2) is 67.1 Å². The third-order valence-electron chi connectivity index (χ3n) is 4.87. The lowest BCUT2D eigenvalue weighted by Gasteiger charge is -2.36. The lowest BCUT2D eigenvalue weighted by Crippen LogP contribution is -2.47. The second-order valence-corrected chi connectivity index (χ2v) is 6.74. The topological polar surface area (TPSA) is 48.4 Å². The van der Waals surface area contributed by atoms with E-state index in [4.69, 9.17) is 0 Å². The van der Waals surface area contributed by atoms with Crippen molar-refractivity contribution in [3.63, 3.8) is 0 Å². The van der Waals surface area contributed by atoms with Crippen LogP contribution >= 0.6 is 0 Å². The van der Waals surface area contributed by atoms with E-state index in [2.05, 4.69) is 73.1 Å². The monoisotopic (exact) mass is 360 g/mol. The fraction of sp³-hybridized carbons (Fsp3) is 0.286. The average molecular weight is 360 g/mol. The predicted molar refractivity (Wildman–Crippen MR) is 109 cm³/mol. The molecule has 27 heavy (non-hydrogen) atoms. The molecule has 0 radical (unpaired) electrons. The molecule has 6 nitrogen and oxygen atoms in total. The molecule has 1 aliphatic heterocycles. The van der Waals surface area contributed by atoms with Gasteiger partial charge in [-0.2, -0.15) is 0 Å². The van der Waals surface area contributed by atoms with E-state index in [9.17, 15) is 0 Å². The van der Waals surface area contributed by atoms with Crippen molar-refractivity contribution in [2.45, 2.75) is 6.54 Å². The van der Waals surface area contributed by atoms with E-state index >= 15 is 0 Å². The highest BCUT2D eigenvalue weighted by Gasteiger charge is 2.19. The van der Waals surface area contributed by atoms with Crippen molar-refractivity contribution in [1.82, 2.24) is 15.0 Å². The maximum absolute atomic E-state index is 4.50. The molecule has 0 N–H and O–H groups in total. The molecule has 1 aliphatic rings. The van der Waals surface area contributed by atoms with Crippen LogP contribution in [-0.4, -0.2) is 48.2 Å². The van der Waals surface area contributed by atoms with Gasteiger partial charge in [-0.25, -0.2) is 15.0 Å². The van der Waals surface area contributed by atoms with Gasteiger partial charge in [0.05, 0.1) is 0 Å². The van der Waals surface area contributed by atoms with Gasteiger partial charge in [0.15, 0.2) is 0 Å². The second kappa shape index (κ2) is 8.03. The first-order chi connectivity index (χ1) is 13.3. The molecule has 2 aromatic heterocycles. The van der Waals surface area contributed by atoms with Crippen molar-refractivity contribution in [2.24, 2.45) is 0 Å². The molecular weight excluding hydrogens is 336 g/mol. The van der Waals surface area contributed by atoms with E-state index < -0.39 is 0 Å². The Morgan fingerprint density at radius 1 is 0.815 bits per heavy atom. The minimum atomic E-state index is 0.824. The van der Waals surface area contributed by atoms with Gasteiger partial charge in [-0.3, -0.25) is 0 Å². The maximum Gasteiger partial charge on any atom is 0.134 e. The highest BCUT2D eigenvalue weighted by Crippen LogP contribution is 2.21. The summed E-state index contributed by atoms with van der Waals surface area (Å²) in [5, 5.41) is 0.